The van der Waals surface area contributed by atoms with Crippen LogP contribution in [0.3, 0.4) is 0 Å². The van der Waals surface area contributed by atoms with E-state index >= 15 is 0 Å². The number of amides is 1. The number of anilines is 1. The summed E-state index contributed by atoms with van der Waals surface area (Å²) in [7, 11) is 0. The lowest BCUT2D eigenvalue weighted by atomic mass is 10.2. The molecule has 0 aliphatic carbocycles. The molecule has 0 aromatic heterocycles. The highest BCUT2D eigenvalue weighted by atomic mass is 16.2. The number of carbonyl (C=O) groups is 1. The van der Waals surface area contributed by atoms with Gasteiger partial charge in [-0.25, -0.2) is 0 Å². The highest BCUT2D eigenvalue weighted by Crippen LogP contribution is 2.08. The Morgan fingerprint density at radius 3 is 2.43 bits per heavy atom. The number of likely N-dealkylation sites (N-methyl/N-ethyl adjacent to an activating group) is 1. The van der Waals surface area contributed by atoms with Crippen LogP contribution in [0.4, 0.5) is 5.69 Å². The van der Waals surface area contributed by atoms with E-state index in [-0.39, 0.29) is 11.9 Å². The van der Waals surface area contributed by atoms with E-state index in [1.165, 1.54) is 5.56 Å². The number of hydrogen-bond acceptors (Lipinski definition) is 3. The number of carbonyl (C=O) groups excluding carboxylic acids is 1. The predicted octanol–water partition coefficient (Wildman–Crippen LogP) is 2.64. The lowest BCUT2D eigenvalue weighted by Crippen LogP contribution is -2.42. The average Bonchev–Trinajstić information content (AvgIpc) is 2.48. The molecule has 0 aliphatic heterocycles. The molecule has 0 radical (unpaired) electrons. The Morgan fingerprint density at radius 1 is 1.19 bits per heavy atom. The van der Waals surface area contributed by atoms with Gasteiger partial charge in [-0.3, -0.25) is 4.79 Å². The van der Waals surface area contributed by atoms with Gasteiger partial charge in [-0.15, -0.1) is 0 Å². The Hall–Kier alpha value is -1.39. The predicted molar refractivity (Wildman–Crippen MR) is 89.7 cm³/mol. The van der Waals surface area contributed by atoms with Crippen molar-refractivity contribution in [1.29, 1.82) is 0 Å². The molecule has 118 valence electrons. The molecule has 1 rings (SSSR count). The standard InChI is InChI=1S/C17H29N3O/c1-5-12-20(6-2)13-11-18-15(4)17(21)19-16-9-7-14(3)8-10-16/h7-10,15,18H,5-6,11-13H2,1-4H3,(H,19,21). The summed E-state index contributed by atoms with van der Waals surface area (Å²) in [5, 5.41) is 6.21. The Bertz CT molecular complexity index is 417. The number of aryl methyl sites for hydroxylation is 1. The van der Waals surface area contributed by atoms with Gasteiger partial charge in [0.1, 0.15) is 0 Å². The fraction of sp³-hybridized carbons (Fsp3) is 0.588. The summed E-state index contributed by atoms with van der Waals surface area (Å²) < 4.78 is 0. The monoisotopic (exact) mass is 291 g/mol. The average molecular weight is 291 g/mol. The Labute approximate surface area is 128 Å². The summed E-state index contributed by atoms with van der Waals surface area (Å²) in [6, 6.07) is 7.67. The highest BCUT2D eigenvalue weighted by molar-refractivity contribution is 5.94. The molecule has 0 saturated heterocycles. The first-order valence-corrected chi connectivity index (χ1v) is 7.90. The number of nitrogens with one attached hydrogen (secondary N) is 2. The van der Waals surface area contributed by atoms with Crippen LogP contribution in [0.1, 0.15) is 32.8 Å². The molecular weight excluding hydrogens is 262 g/mol. The van der Waals surface area contributed by atoms with Gasteiger partial charge in [0.05, 0.1) is 6.04 Å². The minimum atomic E-state index is -0.188. The van der Waals surface area contributed by atoms with Gasteiger partial charge < -0.3 is 15.5 Å². The van der Waals surface area contributed by atoms with Crippen molar-refractivity contribution in [2.75, 3.05) is 31.5 Å². The first-order valence-electron chi connectivity index (χ1n) is 7.90. The van der Waals surface area contributed by atoms with Crippen LogP contribution in [-0.2, 0) is 4.79 Å². The van der Waals surface area contributed by atoms with E-state index < -0.39 is 0 Å². The molecule has 0 spiro atoms. The first kappa shape index (κ1) is 17.7. The van der Waals surface area contributed by atoms with Crippen molar-refractivity contribution in [3.05, 3.63) is 29.8 Å². The zero-order valence-electron chi connectivity index (χ0n) is 13.8. The molecule has 1 atom stereocenters. The molecule has 4 nitrogen and oxygen atoms in total. The van der Waals surface area contributed by atoms with E-state index in [0.717, 1.165) is 38.3 Å². The molecule has 1 unspecified atom stereocenters. The van der Waals surface area contributed by atoms with Gasteiger partial charge in [0, 0.05) is 18.8 Å². The largest absolute Gasteiger partial charge is 0.325 e. The molecule has 1 amide bonds. The number of benzene rings is 1. The summed E-state index contributed by atoms with van der Waals surface area (Å²) in [5.41, 5.74) is 2.04. The molecule has 0 aliphatic rings. The molecule has 0 bridgehead atoms. The molecule has 0 fully saturated rings. The summed E-state index contributed by atoms with van der Waals surface area (Å²) in [6.07, 6.45) is 1.16. The summed E-state index contributed by atoms with van der Waals surface area (Å²) in [4.78, 5) is 14.5. The molecule has 1 aromatic carbocycles. The fourth-order valence-electron chi connectivity index (χ4n) is 2.16. The van der Waals surface area contributed by atoms with E-state index in [1.807, 2.05) is 38.1 Å². The van der Waals surface area contributed by atoms with Crippen LogP contribution >= 0.6 is 0 Å². The van der Waals surface area contributed by atoms with Crippen LogP contribution in [0, 0.1) is 6.92 Å². The summed E-state index contributed by atoms with van der Waals surface area (Å²) in [5.74, 6) is 0.0115. The molecule has 21 heavy (non-hydrogen) atoms. The van der Waals surface area contributed by atoms with Crippen LogP contribution in [0.25, 0.3) is 0 Å². The van der Waals surface area contributed by atoms with Gasteiger partial charge in [0.15, 0.2) is 0 Å². The minimum Gasteiger partial charge on any atom is -0.325 e. The first-order chi connectivity index (χ1) is 10.1. The Kier molecular flexibility index (Phi) is 8.01. The molecule has 2 N–H and O–H groups in total. The van der Waals surface area contributed by atoms with Crippen LogP contribution in [0.2, 0.25) is 0 Å². The van der Waals surface area contributed by atoms with Gasteiger partial charge in [0.25, 0.3) is 0 Å². The minimum absolute atomic E-state index is 0.0115. The van der Waals surface area contributed by atoms with E-state index in [2.05, 4.69) is 29.4 Å². The number of rotatable bonds is 9. The Balaban J connectivity index is 2.32. The van der Waals surface area contributed by atoms with Gasteiger partial charge in [-0.2, -0.15) is 0 Å². The van der Waals surface area contributed by atoms with E-state index in [1.54, 1.807) is 0 Å². The van der Waals surface area contributed by atoms with Crippen molar-refractivity contribution in [2.24, 2.45) is 0 Å². The van der Waals surface area contributed by atoms with Crippen molar-refractivity contribution < 1.29 is 4.79 Å². The smallest absolute Gasteiger partial charge is 0.241 e. The quantitative estimate of drug-likeness (QED) is 0.735. The topological polar surface area (TPSA) is 44.4 Å². The zero-order chi connectivity index (χ0) is 15.7. The van der Waals surface area contributed by atoms with E-state index in [0.29, 0.717) is 0 Å². The molecule has 0 saturated carbocycles. The number of hydrogen-bond donors (Lipinski definition) is 2. The third kappa shape index (κ3) is 6.74. The molecular formula is C17H29N3O. The highest BCUT2D eigenvalue weighted by Gasteiger charge is 2.12. The fourth-order valence-corrected chi connectivity index (χ4v) is 2.16. The second-order valence-electron chi connectivity index (χ2n) is 5.47. The molecule has 0 heterocycles. The second kappa shape index (κ2) is 9.53. The lowest BCUT2D eigenvalue weighted by molar-refractivity contribution is -0.117. The molecule has 1 aromatic rings. The van der Waals surface area contributed by atoms with Crippen molar-refractivity contribution in [3.63, 3.8) is 0 Å². The van der Waals surface area contributed by atoms with Crippen LogP contribution in [0.5, 0.6) is 0 Å². The van der Waals surface area contributed by atoms with Crippen molar-refractivity contribution in [2.45, 2.75) is 40.2 Å². The summed E-state index contributed by atoms with van der Waals surface area (Å²) >= 11 is 0. The maximum atomic E-state index is 12.1. The zero-order valence-corrected chi connectivity index (χ0v) is 13.8. The normalized spacial score (nSPS) is 12.4. The summed E-state index contributed by atoms with van der Waals surface area (Å²) in [6.45, 7) is 12.3. The third-order valence-corrected chi connectivity index (χ3v) is 3.58. The van der Waals surface area contributed by atoms with Gasteiger partial charge in [0.2, 0.25) is 5.91 Å². The van der Waals surface area contributed by atoms with Crippen molar-refractivity contribution >= 4 is 11.6 Å². The molecule has 4 heteroatoms. The maximum Gasteiger partial charge on any atom is 0.241 e. The van der Waals surface area contributed by atoms with Crippen molar-refractivity contribution in [3.8, 4) is 0 Å². The van der Waals surface area contributed by atoms with Crippen LogP contribution in [0.15, 0.2) is 24.3 Å². The number of nitrogens with zero attached hydrogens (tertiary/aromatic N) is 1. The maximum absolute atomic E-state index is 12.1. The van der Waals surface area contributed by atoms with Gasteiger partial charge in [-0.1, -0.05) is 31.5 Å². The Morgan fingerprint density at radius 2 is 1.86 bits per heavy atom. The van der Waals surface area contributed by atoms with Crippen LogP contribution in [-0.4, -0.2) is 43.0 Å². The lowest BCUT2D eigenvalue weighted by Gasteiger charge is -2.21. The van der Waals surface area contributed by atoms with E-state index in [9.17, 15) is 4.79 Å². The van der Waals surface area contributed by atoms with Crippen molar-refractivity contribution in [1.82, 2.24) is 10.2 Å². The van der Waals surface area contributed by atoms with Gasteiger partial charge >= 0.3 is 0 Å². The van der Waals surface area contributed by atoms with E-state index in [4.69, 9.17) is 0 Å². The van der Waals surface area contributed by atoms with Crippen LogP contribution < -0.4 is 10.6 Å². The third-order valence-electron chi connectivity index (χ3n) is 3.58. The second-order valence-corrected chi connectivity index (χ2v) is 5.47. The SMILES string of the molecule is CCCN(CC)CCNC(C)C(=O)Nc1ccc(C)cc1. The van der Waals surface area contributed by atoms with Gasteiger partial charge in [-0.05, 0) is 45.5 Å².